The highest BCUT2D eigenvalue weighted by atomic mass is 28.3. The van der Waals surface area contributed by atoms with Crippen molar-refractivity contribution in [3.05, 3.63) is 29.3 Å². The third-order valence-corrected chi connectivity index (χ3v) is 7.58. The van der Waals surface area contributed by atoms with Gasteiger partial charge in [0.15, 0.2) is 0 Å². The predicted octanol–water partition coefficient (Wildman–Crippen LogP) is 4.07. The Balaban J connectivity index is 1.72. The Hall–Kier alpha value is -0.618. The van der Waals surface area contributed by atoms with Gasteiger partial charge in [-0.3, -0.25) is 4.81 Å². The molecule has 5 rings (SSSR count). The predicted molar refractivity (Wildman–Crippen MR) is 114 cm³/mol. The molecule has 4 bridgehead atoms. The maximum absolute atomic E-state index is 10.5. The topological polar surface area (TPSA) is 38.7 Å². The van der Waals surface area contributed by atoms with Crippen LogP contribution in [0.15, 0.2) is 18.2 Å². The molecule has 148 valence electrons. The largest absolute Gasteiger partial charge is 0.521 e. The average Bonchev–Trinajstić information content (AvgIpc) is 2.57. The Kier molecular flexibility index (Phi) is 5.11. The van der Waals surface area contributed by atoms with E-state index in [9.17, 15) is 5.02 Å². The second-order valence-corrected chi connectivity index (χ2v) is 13.1. The van der Waals surface area contributed by atoms with Gasteiger partial charge in [0.25, 0.3) is 0 Å². The molecule has 1 N–H and O–H groups in total. The highest BCUT2D eigenvalue weighted by Gasteiger charge is 2.52. The van der Waals surface area contributed by atoms with E-state index in [0.717, 1.165) is 23.2 Å². The Morgan fingerprint density at radius 3 is 2.07 bits per heavy atom. The lowest BCUT2D eigenvalue weighted by molar-refractivity contribution is -0.121. The van der Waals surface area contributed by atoms with Crippen molar-refractivity contribution in [3.63, 3.8) is 0 Å². The summed E-state index contributed by atoms with van der Waals surface area (Å²) >= 11 is 0. The zero-order valence-electron chi connectivity index (χ0n) is 17.6. The molecule has 0 spiro atoms. The van der Waals surface area contributed by atoms with Gasteiger partial charge in [0, 0.05) is 0 Å². The van der Waals surface area contributed by atoms with Crippen LogP contribution in [0.4, 0.5) is 0 Å². The molecule has 4 saturated carbocycles. The quantitative estimate of drug-likeness (QED) is 0.471. The third kappa shape index (κ3) is 3.81. The van der Waals surface area contributed by atoms with Crippen LogP contribution in [0.5, 0.6) is 0 Å². The summed E-state index contributed by atoms with van der Waals surface area (Å²) in [6.07, 6.45) is 8.33. The van der Waals surface area contributed by atoms with E-state index in [1.54, 1.807) is 0 Å². The van der Waals surface area contributed by atoms with Crippen LogP contribution >= 0.6 is 0 Å². The van der Waals surface area contributed by atoms with Crippen LogP contribution in [0.25, 0.3) is 0 Å². The van der Waals surface area contributed by atoms with E-state index in [0.29, 0.717) is 5.41 Å². The van der Waals surface area contributed by atoms with Crippen LogP contribution in [0.3, 0.4) is 0 Å². The maximum atomic E-state index is 10.5. The minimum Gasteiger partial charge on any atom is -0.422 e. The molecule has 0 radical (unpaired) electrons. The second kappa shape index (κ2) is 7.01. The molecular formula is C22H35BO3Si. The van der Waals surface area contributed by atoms with Crippen molar-refractivity contribution in [1.82, 2.24) is 0 Å². The lowest BCUT2D eigenvalue weighted by Gasteiger charge is -2.58. The fourth-order valence-electron chi connectivity index (χ4n) is 6.47. The molecule has 0 heterocycles. The molecule has 5 heteroatoms. The van der Waals surface area contributed by atoms with Gasteiger partial charge in [-0.2, -0.15) is 0 Å². The molecule has 0 aromatic heterocycles. The first-order valence-electron chi connectivity index (χ1n) is 10.8. The Morgan fingerprint density at radius 2 is 1.59 bits per heavy atom. The summed E-state index contributed by atoms with van der Waals surface area (Å²) in [5, 5.41) is 10.5. The molecule has 1 aromatic carbocycles. The van der Waals surface area contributed by atoms with Crippen molar-refractivity contribution in [2.24, 2.45) is 17.8 Å². The van der Waals surface area contributed by atoms with Gasteiger partial charge in [0.2, 0.25) is 9.04 Å². The Bertz CT molecular complexity index is 662. The van der Waals surface area contributed by atoms with Crippen LogP contribution in [0.1, 0.15) is 70.4 Å². The van der Waals surface area contributed by atoms with E-state index in [1.165, 1.54) is 49.7 Å². The van der Waals surface area contributed by atoms with E-state index in [4.69, 9.17) is 9.38 Å². The number of hydrogen-bond donors (Lipinski definition) is 1. The van der Waals surface area contributed by atoms with Crippen molar-refractivity contribution >= 4 is 21.6 Å². The van der Waals surface area contributed by atoms with Crippen LogP contribution < -0.4 is 5.46 Å². The Morgan fingerprint density at radius 1 is 1.04 bits per heavy atom. The van der Waals surface area contributed by atoms with Crippen LogP contribution in [0, 0.1) is 17.8 Å². The van der Waals surface area contributed by atoms with Gasteiger partial charge in [-0.15, -0.1) is 0 Å². The Labute approximate surface area is 166 Å². The molecule has 0 atom stereocenters. The molecule has 4 aliphatic rings. The molecular weight excluding hydrogens is 351 g/mol. The summed E-state index contributed by atoms with van der Waals surface area (Å²) in [5.41, 5.74) is 4.17. The molecule has 4 fully saturated rings. The first-order valence-corrected chi connectivity index (χ1v) is 13.6. The minimum absolute atomic E-state index is 0.102. The summed E-state index contributed by atoms with van der Waals surface area (Å²) in [5.74, 6) is 2.72. The van der Waals surface area contributed by atoms with Gasteiger partial charge in [0.1, 0.15) is 0 Å². The summed E-state index contributed by atoms with van der Waals surface area (Å²) in [6.45, 7) is 11.0. The minimum atomic E-state index is -1.33. The van der Waals surface area contributed by atoms with Gasteiger partial charge in [0.05, 0.1) is 0 Å². The molecule has 27 heavy (non-hydrogen) atoms. The van der Waals surface area contributed by atoms with E-state index in [-0.39, 0.29) is 5.41 Å². The van der Waals surface area contributed by atoms with E-state index >= 15 is 0 Å². The number of benzene rings is 1. The molecule has 4 aliphatic carbocycles. The number of hydrogen-bond acceptors (Lipinski definition) is 3. The monoisotopic (exact) mass is 386 g/mol. The van der Waals surface area contributed by atoms with E-state index in [1.807, 2.05) is 19.2 Å². The zero-order valence-corrected chi connectivity index (χ0v) is 18.8. The fraction of sp³-hybridized carbons (Fsp3) is 0.727. The van der Waals surface area contributed by atoms with E-state index in [2.05, 4.69) is 32.9 Å². The summed E-state index contributed by atoms with van der Waals surface area (Å²) in [6, 6.07) is 6.52. The van der Waals surface area contributed by atoms with Gasteiger partial charge in [-0.1, -0.05) is 39.0 Å². The third-order valence-electron chi connectivity index (χ3n) is 7.09. The van der Waals surface area contributed by atoms with Gasteiger partial charge < -0.3 is 9.60 Å². The van der Waals surface area contributed by atoms with Gasteiger partial charge in [-0.05, 0) is 96.8 Å². The summed E-state index contributed by atoms with van der Waals surface area (Å²) in [4.78, 5) is 5.31. The van der Waals surface area contributed by atoms with Gasteiger partial charge in [-0.25, -0.2) is 0 Å². The van der Waals surface area contributed by atoms with Crippen LogP contribution in [0.2, 0.25) is 13.1 Å². The average molecular weight is 386 g/mol. The molecule has 0 amide bonds. The standard InChI is InChI=1S/C22H35BO3Si/c1-21(2,3)19-7-6-18(23(24)25-26-27(4)5)11-20(19)22-12-15-8-16(13-22)10-17(9-15)14-22/h6-7,11,15-17,24,27H,8-10,12-14H2,1-5H3. The zero-order chi connectivity index (χ0) is 19.4. The van der Waals surface area contributed by atoms with Crippen molar-refractivity contribution < 1.29 is 14.4 Å². The molecule has 1 aromatic rings. The normalized spacial score (nSPS) is 32.3. The lowest BCUT2D eigenvalue weighted by Crippen LogP contribution is -2.50. The van der Waals surface area contributed by atoms with Gasteiger partial charge >= 0.3 is 7.12 Å². The SMILES string of the molecule is C[SiH](C)OOB(O)c1ccc(C(C)(C)C)c(C23CC4CC(CC(C4)C2)C3)c1. The number of rotatable bonds is 5. The highest BCUT2D eigenvalue weighted by Crippen LogP contribution is 2.61. The van der Waals surface area contributed by atoms with Crippen molar-refractivity contribution in [2.45, 2.75) is 83.2 Å². The van der Waals surface area contributed by atoms with Crippen LogP contribution in [-0.4, -0.2) is 21.2 Å². The first-order chi connectivity index (χ1) is 12.7. The summed E-state index contributed by atoms with van der Waals surface area (Å²) < 4.78 is 5.33. The second-order valence-electron chi connectivity index (χ2n) is 10.8. The molecule has 0 unspecified atom stereocenters. The highest BCUT2D eigenvalue weighted by molar-refractivity contribution is 6.60. The fourth-order valence-corrected chi connectivity index (χ4v) is 6.80. The van der Waals surface area contributed by atoms with E-state index < -0.39 is 16.2 Å². The smallest absolute Gasteiger partial charge is 0.422 e. The van der Waals surface area contributed by atoms with Crippen LogP contribution in [-0.2, 0) is 20.2 Å². The summed E-state index contributed by atoms with van der Waals surface area (Å²) in [7, 11) is -2.33. The molecule has 0 saturated heterocycles. The molecule has 0 aliphatic heterocycles. The first kappa shape index (κ1) is 19.7. The van der Waals surface area contributed by atoms with Crippen molar-refractivity contribution in [3.8, 4) is 0 Å². The molecule has 3 nitrogen and oxygen atoms in total. The lowest BCUT2D eigenvalue weighted by atomic mass is 9.47. The van der Waals surface area contributed by atoms with Crippen molar-refractivity contribution in [2.75, 3.05) is 0 Å². The van der Waals surface area contributed by atoms with Crippen molar-refractivity contribution in [1.29, 1.82) is 0 Å². The maximum Gasteiger partial charge on any atom is 0.521 e.